The van der Waals surface area contributed by atoms with Gasteiger partial charge in [-0.05, 0) is 41.9 Å². The Balaban J connectivity index is 1.68. The number of urea groups is 1. The van der Waals surface area contributed by atoms with E-state index in [-0.39, 0.29) is 19.2 Å². The number of aromatic nitrogens is 1. The molecule has 7 nitrogen and oxygen atoms in total. The van der Waals surface area contributed by atoms with Crippen LogP contribution in [-0.2, 0) is 21.6 Å². The molecule has 3 aromatic rings. The molecule has 2 aromatic carbocycles. The molecule has 0 saturated carbocycles. The highest BCUT2D eigenvalue weighted by Crippen LogP contribution is 2.36. The lowest BCUT2D eigenvalue weighted by molar-refractivity contribution is -0.135. The number of amides is 3. The van der Waals surface area contributed by atoms with Crippen molar-refractivity contribution in [3.05, 3.63) is 64.5 Å². The Morgan fingerprint density at radius 2 is 1.85 bits per heavy atom. The number of aromatic hydroxyl groups is 1. The average Bonchev–Trinajstić information content (AvgIpc) is 3.19. The number of carbonyl (C=O) groups excluding carboxylic acids is 2. The van der Waals surface area contributed by atoms with Crippen LogP contribution in [-0.4, -0.2) is 47.9 Å². The number of carbonyl (C=O) groups is 2. The molecule has 180 valence electrons. The van der Waals surface area contributed by atoms with Crippen molar-refractivity contribution in [1.29, 1.82) is 0 Å². The van der Waals surface area contributed by atoms with Crippen molar-refractivity contribution in [2.75, 3.05) is 13.3 Å². The van der Waals surface area contributed by atoms with E-state index < -0.39 is 31.4 Å². The molecule has 1 saturated heterocycles. The monoisotopic (exact) mass is 547 g/mol. The number of hydrogen-bond acceptors (Lipinski definition) is 4. The van der Waals surface area contributed by atoms with Crippen LogP contribution in [0, 0.1) is 5.82 Å². The molecule has 1 aromatic heterocycles. The van der Waals surface area contributed by atoms with Crippen LogP contribution in [0.3, 0.4) is 0 Å². The molecular weight excluding hydrogens is 521 g/mol. The molecule has 1 atom stereocenters. The maximum Gasteiger partial charge on any atom is 0.327 e. The van der Waals surface area contributed by atoms with Crippen LogP contribution in [0.2, 0.25) is 25.7 Å². The first kappa shape index (κ1) is 24.4. The third kappa shape index (κ3) is 4.75. The molecule has 1 aliphatic heterocycles. The summed E-state index contributed by atoms with van der Waals surface area (Å²) >= 11 is 3.40. The molecule has 0 bridgehead atoms. The minimum atomic E-state index is -1.47. The van der Waals surface area contributed by atoms with Gasteiger partial charge in [0.2, 0.25) is 0 Å². The van der Waals surface area contributed by atoms with Crippen molar-refractivity contribution in [2.45, 2.75) is 37.8 Å². The Labute approximate surface area is 206 Å². The molecule has 1 aliphatic rings. The van der Waals surface area contributed by atoms with Gasteiger partial charge in [0, 0.05) is 36.1 Å². The fourth-order valence-electron chi connectivity index (χ4n) is 4.00. The molecule has 0 radical (unpaired) electrons. The smallest absolute Gasteiger partial charge is 0.327 e. The van der Waals surface area contributed by atoms with Crippen LogP contribution in [0.15, 0.2) is 53.1 Å². The first-order chi connectivity index (χ1) is 16.0. The number of imide groups is 1. The summed E-state index contributed by atoms with van der Waals surface area (Å²) in [4.78, 5) is 27.7. The van der Waals surface area contributed by atoms with Crippen LogP contribution in [0.5, 0.6) is 5.88 Å². The zero-order valence-electron chi connectivity index (χ0n) is 19.3. The summed E-state index contributed by atoms with van der Waals surface area (Å²) in [7, 11) is -1.32. The van der Waals surface area contributed by atoms with Crippen molar-refractivity contribution >= 4 is 46.7 Å². The molecule has 0 unspecified atom stereocenters. The Morgan fingerprint density at radius 1 is 1.15 bits per heavy atom. The molecular formula is C24H27BrFN3O4Si. The summed E-state index contributed by atoms with van der Waals surface area (Å²) < 4.78 is 21.7. The molecule has 0 spiro atoms. The Morgan fingerprint density at radius 3 is 2.53 bits per heavy atom. The van der Waals surface area contributed by atoms with Crippen LogP contribution in [0.1, 0.15) is 5.56 Å². The molecule has 0 aliphatic carbocycles. The molecule has 2 heterocycles. The van der Waals surface area contributed by atoms with Crippen molar-refractivity contribution in [3.8, 4) is 5.88 Å². The second kappa shape index (κ2) is 9.16. The van der Waals surface area contributed by atoms with Crippen molar-refractivity contribution in [1.82, 2.24) is 14.8 Å². The van der Waals surface area contributed by atoms with Gasteiger partial charge in [0.25, 0.3) is 5.91 Å². The number of fused-ring (bicyclic) bond motifs is 1. The van der Waals surface area contributed by atoms with E-state index >= 15 is 0 Å². The summed E-state index contributed by atoms with van der Waals surface area (Å²) in [5.41, 5.74) is -0.910. The average molecular weight is 548 g/mol. The number of ether oxygens (including phenoxy) is 1. The maximum absolute atomic E-state index is 13.7. The number of halogens is 2. The molecule has 1 fully saturated rings. The zero-order chi connectivity index (χ0) is 24.7. The lowest BCUT2D eigenvalue weighted by atomic mass is 9.89. The van der Waals surface area contributed by atoms with Crippen molar-refractivity contribution in [3.63, 3.8) is 0 Å². The summed E-state index contributed by atoms with van der Waals surface area (Å²) in [6.45, 7) is 6.91. The van der Waals surface area contributed by atoms with Crippen LogP contribution >= 0.6 is 15.9 Å². The van der Waals surface area contributed by atoms with Gasteiger partial charge in [0.15, 0.2) is 11.4 Å². The number of nitrogens with one attached hydrogen (secondary N) is 1. The van der Waals surface area contributed by atoms with Crippen LogP contribution in [0.25, 0.3) is 10.8 Å². The van der Waals surface area contributed by atoms with E-state index in [2.05, 4.69) is 40.9 Å². The molecule has 3 amide bonds. The van der Waals surface area contributed by atoms with Gasteiger partial charge >= 0.3 is 6.03 Å². The highest BCUT2D eigenvalue weighted by Gasteiger charge is 2.53. The minimum absolute atomic E-state index is 0.0766. The summed E-state index contributed by atoms with van der Waals surface area (Å²) in [6, 6.07) is 11.5. The van der Waals surface area contributed by atoms with Gasteiger partial charge in [-0.2, -0.15) is 0 Å². The van der Waals surface area contributed by atoms with Crippen molar-refractivity contribution < 1.29 is 23.8 Å². The van der Waals surface area contributed by atoms with E-state index in [1.807, 2.05) is 0 Å². The minimum Gasteiger partial charge on any atom is -0.494 e. The number of rotatable bonds is 8. The molecule has 10 heteroatoms. The highest BCUT2D eigenvalue weighted by molar-refractivity contribution is 9.10. The highest BCUT2D eigenvalue weighted by atomic mass is 79.9. The Hall–Kier alpha value is -2.69. The first-order valence-corrected chi connectivity index (χ1v) is 15.5. The number of benzene rings is 2. The quantitative estimate of drug-likeness (QED) is 0.236. The van der Waals surface area contributed by atoms with Gasteiger partial charge in [0.1, 0.15) is 12.5 Å². The molecule has 34 heavy (non-hydrogen) atoms. The summed E-state index contributed by atoms with van der Waals surface area (Å²) in [5, 5.41) is 14.6. The van der Waals surface area contributed by atoms with E-state index in [0.717, 1.165) is 15.4 Å². The number of nitrogens with zero attached hydrogens (tertiary/aromatic N) is 2. The van der Waals surface area contributed by atoms with E-state index in [0.29, 0.717) is 22.9 Å². The van der Waals surface area contributed by atoms with Crippen molar-refractivity contribution in [2.24, 2.45) is 0 Å². The predicted octanol–water partition coefficient (Wildman–Crippen LogP) is 5.01. The number of hydrogen-bond donors (Lipinski definition) is 2. The van der Waals surface area contributed by atoms with E-state index in [9.17, 15) is 19.1 Å². The fourth-order valence-corrected chi connectivity index (χ4v) is 5.02. The largest absolute Gasteiger partial charge is 0.494 e. The molecule has 4 rings (SSSR count). The van der Waals surface area contributed by atoms with E-state index in [1.54, 1.807) is 36.5 Å². The fraction of sp³-hybridized carbons (Fsp3) is 0.333. The summed E-state index contributed by atoms with van der Waals surface area (Å²) in [5.74, 6) is -1.14. The first-order valence-electron chi connectivity index (χ1n) is 11.0. The standard InChI is InChI=1S/C24H27BrFN3O4Si/c1-34(2,3)11-10-33-15-29-22(31)24(27-23(29)32,17-5-7-18(25)8-6-17)14-28-13-16-4-9-19(26)12-20(16)21(28)30/h4-9,12-13,30H,10-11,14-15H2,1-3H3,(H,27,32)/t24-/m0/s1. The lowest BCUT2D eigenvalue weighted by Gasteiger charge is -2.28. The van der Waals surface area contributed by atoms with Gasteiger partial charge < -0.3 is 19.7 Å². The Bertz CT molecular complexity index is 1240. The SMILES string of the molecule is C[Si](C)(C)CCOCN1C(=O)N[C@@](Cn2cc3ccc(F)cc3c2O)(c2ccc(Br)cc2)C1=O. The van der Waals surface area contributed by atoms with E-state index in [4.69, 9.17) is 4.74 Å². The van der Waals surface area contributed by atoms with Gasteiger partial charge in [-0.15, -0.1) is 0 Å². The molecule has 2 N–H and O–H groups in total. The van der Waals surface area contributed by atoms with Gasteiger partial charge in [-0.3, -0.25) is 4.79 Å². The predicted molar refractivity (Wildman–Crippen MR) is 134 cm³/mol. The second-order valence-electron chi connectivity index (χ2n) is 9.74. The third-order valence-corrected chi connectivity index (χ3v) is 8.19. The second-order valence-corrected chi connectivity index (χ2v) is 16.3. The zero-order valence-corrected chi connectivity index (χ0v) is 21.9. The lowest BCUT2D eigenvalue weighted by Crippen LogP contribution is -2.47. The van der Waals surface area contributed by atoms with Gasteiger partial charge in [-0.25, -0.2) is 14.1 Å². The maximum atomic E-state index is 13.7. The Kier molecular flexibility index (Phi) is 6.58. The topological polar surface area (TPSA) is 83.8 Å². The van der Waals surface area contributed by atoms with Crippen LogP contribution < -0.4 is 5.32 Å². The normalized spacial score (nSPS) is 18.7. The van der Waals surface area contributed by atoms with Gasteiger partial charge in [-0.1, -0.05) is 47.7 Å². The van der Waals surface area contributed by atoms with Gasteiger partial charge in [0.05, 0.1) is 6.54 Å². The van der Waals surface area contributed by atoms with Crippen LogP contribution in [0.4, 0.5) is 9.18 Å². The van der Waals surface area contributed by atoms with E-state index in [1.165, 1.54) is 16.7 Å². The third-order valence-electron chi connectivity index (χ3n) is 5.96. The summed E-state index contributed by atoms with van der Waals surface area (Å²) in [6.07, 6.45) is 1.64.